The fraction of sp³-hybridized carbons (Fsp3) is 0.640. The van der Waals surface area contributed by atoms with E-state index in [1.807, 2.05) is 0 Å². The molecule has 27 nitrogen and oxygen atoms in total. The number of nitrogens with two attached hydrogens (primary N) is 4. The Balaban J connectivity index is 2.57. The van der Waals surface area contributed by atoms with Gasteiger partial charge in [0, 0.05) is 50.4 Å². The summed E-state index contributed by atoms with van der Waals surface area (Å²) >= 11 is 1.39. The number of aliphatic imine (C=N–C) groups is 2. The quantitative estimate of drug-likeness (QED) is 0.0313. The fourth-order valence-corrected chi connectivity index (χ4v) is 10.5. The van der Waals surface area contributed by atoms with Gasteiger partial charge in [0.25, 0.3) is 0 Å². The second-order valence-electron chi connectivity index (χ2n) is 19.6. The zero-order chi connectivity index (χ0) is 59.7. The molecule has 2 rings (SSSR count). The molecule has 0 radical (unpaired) electrons. The van der Waals surface area contributed by atoms with Crippen molar-refractivity contribution in [2.45, 2.75) is 141 Å². The van der Waals surface area contributed by atoms with Gasteiger partial charge in [-0.1, -0.05) is 61.4 Å². The average Bonchev–Trinajstić information content (AvgIpc) is 3.38. The Labute approximate surface area is 479 Å². The lowest BCUT2D eigenvalue weighted by atomic mass is 10.00. The Morgan fingerprint density at radius 2 is 1.29 bits per heavy atom. The van der Waals surface area contributed by atoms with E-state index in [0.29, 0.717) is 24.2 Å². The molecule has 1 saturated heterocycles. The summed E-state index contributed by atoms with van der Waals surface area (Å²) in [5.41, 5.74) is 22.4. The van der Waals surface area contributed by atoms with Gasteiger partial charge in [-0.05, 0) is 92.9 Å². The van der Waals surface area contributed by atoms with Crippen molar-refractivity contribution >= 4 is 104 Å². The molecule has 0 bridgehead atoms. The first-order chi connectivity index (χ1) is 37.9. The van der Waals surface area contributed by atoms with E-state index in [1.54, 1.807) is 46.1 Å². The van der Waals surface area contributed by atoms with Crippen molar-refractivity contribution in [1.82, 2.24) is 47.9 Å². The lowest BCUT2D eigenvalue weighted by molar-refractivity contribution is -0.141. The molecule has 0 saturated carbocycles. The van der Waals surface area contributed by atoms with E-state index < -0.39 is 114 Å². The van der Waals surface area contributed by atoms with Crippen molar-refractivity contribution in [3.8, 4) is 5.75 Å². The van der Waals surface area contributed by atoms with Gasteiger partial charge in [-0.3, -0.25) is 53.1 Å². The number of carboxylic acids is 1. The van der Waals surface area contributed by atoms with Crippen molar-refractivity contribution in [3.05, 3.63) is 29.8 Å². The smallest absolute Gasteiger partial charge is 0.327 e. The molecule has 30 heteroatoms. The standard InChI is InChI=1S/C50H83N15O12S3/c1-28(2)23-34-43(71)58-25-40(69)59-32(11-10-21-57-50(53)54)45(73)65-41(29(3)4)47(75)64-35(24-30-14-16-31(66)17-15-30)42(70)55-19-8-6-13-39(68)61-37(48(76)77)27-80-79-26-36(60-38(67)12-7-9-20-56-49(51)52)46(74)62-33(18-22-78-5)44(72)63-34/h14-17,28-29,32-37,41,66H,6-13,18-27H2,1-5H3,(H,55,70)(H,58,71)(H,59,69)(H,60,67)(H,61,68)(H,62,74)(H,63,72)(H,64,75)(H,65,73)(H,76,77)(H4,51,52,56)(H4,53,54,57). The van der Waals surface area contributed by atoms with Crippen LogP contribution in [0.3, 0.4) is 0 Å². The molecule has 1 aromatic carbocycles. The largest absolute Gasteiger partial charge is 0.508 e. The van der Waals surface area contributed by atoms with E-state index in [2.05, 4.69) is 57.8 Å². The number of carbonyl (C=O) groups excluding carboxylic acids is 9. The summed E-state index contributed by atoms with van der Waals surface area (Å²) in [6, 6.07) is -2.79. The number of carbonyl (C=O) groups is 10. The number of guanidine groups is 2. The SMILES string of the molecule is CSCCC1NC(=O)C(NC(=O)CCCCN=C(N)N)CSSCC(C(=O)O)NC(=O)CCCCNC(=O)C(Cc2ccc(O)cc2)NC(=O)C(C(C)C)NC(=O)C(CCCN=C(N)N)NC(=O)CNC(=O)C(CC(C)C)NC1=O. The van der Waals surface area contributed by atoms with Gasteiger partial charge < -0.3 is 81.0 Å². The second kappa shape index (κ2) is 38.0. The van der Waals surface area contributed by atoms with Crippen molar-refractivity contribution in [2.75, 3.05) is 49.7 Å². The molecule has 80 heavy (non-hydrogen) atoms. The third-order valence-electron chi connectivity index (χ3n) is 11.9. The molecular formula is C50H83N15O12S3. The molecule has 7 atom stereocenters. The van der Waals surface area contributed by atoms with E-state index in [0.717, 1.165) is 21.6 Å². The topological polar surface area (TPSA) is 448 Å². The number of phenols is 1. The van der Waals surface area contributed by atoms with Crippen LogP contribution in [0.15, 0.2) is 34.3 Å². The molecule has 0 spiro atoms. The predicted molar refractivity (Wildman–Crippen MR) is 309 cm³/mol. The minimum atomic E-state index is -1.35. The van der Waals surface area contributed by atoms with Gasteiger partial charge in [-0.15, -0.1) is 0 Å². The molecule has 0 aliphatic carbocycles. The molecule has 1 heterocycles. The maximum atomic E-state index is 14.1. The van der Waals surface area contributed by atoms with E-state index in [-0.39, 0.29) is 113 Å². The lowest BCUT2D eigenvalue weighted by Crippen LogP contribution is -2.59. The number of hydrogen-bond donors (Lipinski definition) is 15. The summed E-state index contributed by atoms with van der Waals surface area (Å²) in [4.78, 5) is 144. The molecule has 7 unspecified atom stereocenters. The molecule has 448 valence electrons. The number of phenolic OH excluding ortho intramolecular Hbond substituents is 1. The average molecular weight is 1180 g/mol. The third-order valence-corrected chi connectivity index (χ3v) is 15.0. The van der Waals surface area contributed by atoms with Crippen molar-refractivity contribution in [2.24, 2.45) is 44.8 Å². The molecule has 1 fully saturated rings. The number of carboxylic acid groups (broad SMARTS) is 1. The second-order valence-corrected chi connectivity index (χ2v) is 23.2. The number of amides is 9. The molecule has 1 aliphatic heterocycles. The van der Waals surface area contributed by atoms with E-state index in [1.165, 1.54) is 23.9 Å². The van der Waals surface area contributed by atoms with Gasteiger partial charge in [0.2, 0.25) is 53.2 Å². The van der Waals surface area contributed by atoms with E-state index >= 15 is 0 Å². The van der Waals surface area contributed by atoms with Crippen molar-refractivity contribution in [1.29, 1.82) is 0 Å². The number of nitrogens with zero attached hydrogens (tertiary/aromatic N) is 2. The summed E-state index contributed by atoms with van der Waals surface area (Å²) in [7, 11) is 2.07. The Kier molecular flexibility index (Phi) is 33.0. The molecule has 1 aliphatic rings. The number of aliphatic carboxylic acids is 1. The molecular weight excluding hydrogens is 1100 g/mol. The maximum absolute atomic E-state index is 14.1. The Bertz CT molecular complexity index is 2270. The Morgan fingerprint density at radius 3 is 1.91 bits per heavy atom. The first-order valence-electron chi connectivity index (χ1n) is 26.4. The van der Waals surface area contributed by atoms with Crippen LogP contribution in [-0.2, 0) is 54.4 Å². The highest BCUT2D eigenvalue weighted by atomic mass is 33.1. The van der Waals surface area contributed by atoms with Crippen LogP contribution < -0.4 is 70.8 Å². The van der Waals surface area contributed by atoms with Gasteiger partial charge in [0.05, 0.1) is 6.54 Å². The summed E-state index contributed by atoms with van der Waals surface area (Å²) in [5, 5.41) is 43.8. The number of nitrogens with one attached hydrogen (secondary N) is 9. The van der Waals surface area contributed by atoms with E-state index in [4.69, 9.17) is 22.9 Å². The van der Waals surface area contributed by atoms with Crippen LogP contribution in [0.4, 0.5) is 0 Å². The first kappa shape index (κ1) is 69.4. The van der Waals surface area contributed by atoms with Crippen LogP contribution >= 0.6 is 33.3 Å². The maximum Gasteiger partial charge on any atom is 0.327 e. The Hall–Kier alpha value is -6.69. The van der Waals surface area contributed by atoms with Crippen LogP contribution in [0.1, 0.15) is 97.5 Å². The molecule has 1 aromatic rings. The zero-order valence-electron chi connectivity index (χ0n) is 46.1. The van der Waals surface area contributed by atoms with Gasteiger partial charge in [-0.2, -0.15) is 11.8 Å². The summed E-state index contributed by atoms with van der Waals surface area (Å²) in [5.74, 6) is -8.49. The number of aromatic hydroxyl groups is 1. The predicted octanol–water partition coefficient (Wildman–Crippen LogP) is -1.84. The monoisotopic (exact) mass is 1180 g/mol. The normalized spacial score (nSPS) is 22.5. The third kappa shape index (κ3) is 29.0. The summed E-state index contributed by atoms with van der Waals surface area (Å²) < 4.78 is 0. The van der Waals surface area contributed by atoms with Crippen LogP contribution in [-0.4, -0.2) is 173 Å². The number of rotatable bonds is 19. The van der Waals surface area contributed by atoms with Crippen molar-refractivity contribution in [3.63, 3.8) is 0 Å². The van der Waals surface area contributed by atoms with Gasteiger partial charge in [-0.25, -0.2) is 4.79 Å². The Morgan fingerprint density at radius 1 is 0.688 bits per heavy atom. The summed E-state index contributed by atoms with van der Waals surface area (Å²) in [6.07, 6.45) is 3.34. The van der Waals surface area contributed by atoms with Gasteiger partial charge in [0.15, 0.2) is 11.9 Å². The van der Waals surface area contributed by atoms with E-state index in [9.17, 15) is 58.2 Å². The van der Waals surface area contributed by atoms with Crippen LogP contribution in [0, 0.1) is 11.8 Å². The zero-order valence-corrected chi connectivity index (χ0v) is 48.6. The number of hydrogen-bond acceptors (Lipinski definition) is 16. The lowest BCUT2D eigenvalue weighted by Gasteiger charge is -2.27. The summed E-state index contributed by atoms with van der Waals surface area (Å²) in [6.45, 7) is 6.68. The van der Waals surface area contributed by atoms with Gasteiger partial charge in [0.1, 0.15) is 48.0 Å². The minimum absolute atomic E-state index is 0.00683. The molecule has 19 N–H and O–H groups in total. The highest BCUT2D eigenvalue weighted by Crippen LogP contribution is 2.24. The highest BCUT2D eigenvalue weighted by molar-refractivity contribution is 8.76. The van der Waals surface area contributed by atoms with Crippen LogP contribution in [0.5, 0.6) is 5.75 Å². The first-order valence-corrected chi connectivity index (χ1v) is 30.3. The van der Waals surface area contributed by atoms with Gasteiger partial charge >= 0.3 is 5.97 Å². The minimum Gasteiger partial charge on any atom is -0.508 e. The van der Waals surface area contributed by atoms with Crippen LogP contribution in [0.25, 0.3) is 0 Å². The number of benzene rings is 1. The molecule has 9 amide bonds. The fourth-order valence-electron chi connectivity index (χ4n) is 7.66. The highest BCUT2D eigenvalue weighted by Gasteiger charge is 2.34. The molecule has 0 aromatic heterocycles. The number of thioether (sulfide) groups is 1. The number of unbranched alkanes of at least 4 members (excludes halogenated alkanes) is 1. The van der Waals surface area contributed by atoms with Crippen molar-refractivity contribution < 1.29 is 58.2 Å². The van der Waals surface area contributed by atoms with Crippen LogP contribution in [0.2, 0.25) is 0 Å².